The Bertz CT molecular complexity index is 512. The lowest BCUT2D eigenvalue weighted by Crippen LogP contribution is -2.26. The molecule has 0 saturated carbocycles. The van der Waals surface area contributed by atoms with Gasteiger partial charge in [-0.1, -0.05) is 30.3 Å². The van der Waals surface area contributed by atoms with Crippen molar-refractivity contribution in [2.75, 3.05) is 13.7 Å². The van der Waals surface area contributed by atoms with E-state index >= 15 is 0 Å². The van der Waals surface area contributed by atoms with Crippen LogP contribution >= 0.6 is 0 Å². The number of hydrogen-bond acceptors (Lipinski definition) is 4. The lowest BCUT2D eigenvalue weighted by Gasteiger charge is -2.16. The first-order valence-corrected chi connectivity index (χ1v) is 6.51. The molecule has 0 radical (unpaired) electrons. The molecule has 1 aromatic carbocycles. The number of carbonyl (C=O) groups excluding carboxylic acids is 3. The van der Waals surface area contributed by atoms with Gasteiger partial charge in [-0.05, 0) is 5.56 Å². The first-order valence-electron chi connectivity index (χ1n) is 6.51. The number of amides is 1. The van der Waals surface area contributed by atoms with Crippen LogP contribution in [0.15, 0.2) is 30.3 Å². The van der Waals surface area contributed by atoms with E-state index in [9.17, 15) is 14.4 Å². The molecular formula is C15H17NO4. The standard InChI is InChI=1S/C15H17NO4/c1-20-15(19)8-13(17)12-7-14(18)16(10-12)9-11-5-3-2-4-6-11/h2-6,12H,7-10H2,1H3/t12-/m1/s1. The lowest BCUT2D eigenvalue weighted by atomic mass is 10.0. The van der Waals surface area contributed by atoms with Crippen LogP contribution in [0, 0.1) is 5.92 Å². The van der Waals surface area contributed by atoms with Crippen LogP contribution in [0.25, 0.3) is 0 Å². The topological polar surface area (TPSA) is 63.7 Å². The van der Waals surface area contributed by atoms with Crippen molar-refractivity contribution in [3.8, 4) is 0 Å². The van der Waals surface area contributed by atoms with Crippen LogP contribution in [0.3, 0.4) is 0 Å². The second kappa shape index (κ2) is 6.32. The summed E-state index contributed by atoms with van der Waals surface area (Å²) in [6.07, 6.45) is -0.0731. The Labute approximate surface area is 117 Å². The van der Waals surface area contributed by atoms with Gasteiger partial charge in [-0.25, -0.2) is 0 Å². The Morgan fingerprint density at radius 1 is 1.30 bits per heavy atom. The van der Waals surface area contributed by atoms with E-state index in [-0.39, 0.29) is 24.5 Å². The average molecular weight is 275 g/mol. The quantitative estimate of drug-likeness (QED) is 0.597. The Kier molecular flexibility index (Phi) is 4.50. The van der Waals surface area contributed by atoms with Crippen molar-refractivity contribution in [3.05, 3.63) is 35.9 Å². The molecule has 0 N–H and O–H groups in total. The summed E-state index contributed by atoms with van der Waals surface area (Å²) in [5, 5.41) is 0. The summed E-state index contributed by atoms with van der Waals surface area (Å²) in [4.78, 5) is 36.5. The van der Waals surface area contributed by atoms with Crippen LogP contribution < -0.4 is 0 Å². The highest BCUT2D eigenvalue weighted by Gasteiger charge is 2.34. The monoisotopic (exact) mass is 275 g/mol. The van der Waals surface area contributed by atoms with Crippen LogP contribution in [0.4, 0.5) is 0 Å². The summed E-state index contributed by atoms with van der Waals surface area (Å²) in [5.41, 5.74) is 1.03. The zero-order valence-corrected chi connectivity index (χ0v) is 11.4. The minimum Gasteiger partial charge on any atom is -0.469 e. The Morgan fingerprint density at radius 2 is 2.00 bits per heavy atom. The van der Waals surface area contributed by atoms with Crippen LogP contribution in [0.1, 0.15) is 18.4 Å². The van der Waals surface area contributed by atoms with Crippen molar-refractivity contribution >= 4 is 17.7 Å². The van der Waals surface area contributed by atoms with Crippen molar-refractivity contribution in [3.63, 3.8) is 0 Å². The number of ketones is 1. The van der Waals surface area contributed by atoms with Crippen molar-refractivity contribution in [1.82, 2.24) is 4.90 Å². The molecular weight excluding hydrogens is 258 g/mol. The van der Waals surface area contributed by atoms with Gasteiger partial charge < -0.3 is 9.64 Å². The number of hydrogen-bond donors (Lipinski definition) is 0. The van der Waals surface area contributed by atoms with Crippen LogP contribution in [0.2, 0.25) is 0 Å². The molecule has 0 unspecified atom stereocenters. The summed E-state index contributed by atoms with van der Waals surface area (Å²) in [6, 6.07) is 9.62. The molecule has 0 spiro atoms. The summed E-state index contributed by atoms with van der Waals surface area (Å²) in [6.45, 7) is 0.880. The first kappa shape index (κ1) is 14.2. The van der Waals surface area contributed by atoms with Crippen LogP contribution in [0.5, 0.6) is 0 Å². The number of ether oxygens (including phenoxy) is 1. The van der Waals surface area contributed by atoms with Crippen LogP contribution in [-0.4, -0.2) is 36.2 Å². The van der Waals surface area contributed by atoms with Gasteiger partial charge in [0.25, 0.3) is 0 Å². The fourth-order valence-corrected chi connectivity index (χ4v) is 2.30. The first-order chi connectivity index (χ1) is 9.60. The van der Waals surface area contributed by atoms with Gasteiger partial charge in [-0.2, -0.15) is 0 Å². The van der Waals surface area contributed by atoms with E-state index in [1.54, 1.807) is 4.90 Å². The second-order valence-corrected chi connectivity index (χ2v) is 4.88. The molecule has 0 aliphatic carbocycles. The molecule has 1 atom stereocenters. The minimum absolute atomic E-state index is 0.0444. The maximum Gasteiger partial charge on any atom is 0.313 e. The fourth-order valence-electron chi connectivity index (χ4n) is 2.30. The van der Waals surface area contributed by atoms with Crippen LogP contribution in [-0.2, 0) is 25.7 Å². The molecule has 106 valence electrons. The zero-order valence-electron chi connectivity index (χ0n) is 11.4. The maximum atomic E-state index is 11.9. The zero-order chi connectivity index (χ0) is 14.5. The van der Waals surface area contributed by atoms with E-state index < -0.39 is 11.9 Å². The van der Waals surface area contributed by atoms with E-state index in [1.807, 2.05) is 30.3 Å². The molecule has 0 aromatic heterocycles. The number of carbonyl (C=O) groups is 3. The number of methoxy groups -OCH3 is 1. The predicted octanol–water partition coefficient (Wildman–Crippen LogP) is 1.17. The fraction of sp³-hybridized carbons (Fsp3) is 0.400. The molecule has 1 aliphatic rings. The summed E-state index contributed by atoms with van der Waals surface area (Å²) in [7, 11) is 1.25. The van der Waals surface area contributed by atoms with Crippen molar-refractivity contribution < 1.29 is 19.1 Å². The minimum atomic E-state index is -0.552. The number of rotatable bonds is 5. The summed E-state index contributed by atoms with van der Waals surface area (Å²) in [5.74, 6) is -1.22. The molecule has 5 nitrogen and oxygen atoms in total. The van der Waals surface area contributed by atoms with Crippen molar-refractivity contribution in [2.45, 2.75) is 19.4 Å². The molecule has 2 rings (SSSR count). The van der Waals surface area contributed by atoms with Gasteiger partial charge >= 0.3 is 5.97 Å². The van der Waals surface area contributed by atoms with Gasteiger partial charge in [0.05, 0.1) is 7.11 Å². The second-order valence-electron chi connectivity index (χ2n) is 4.88. The summed E-state index contributed by atoms with van der Waals surface area (Å²) >= 11 is 0. The normalized spacial score (nSPS) is 18.1. The van der Waals surface area contributed by atoms with E-state index in [2.05, 4.69) is 4.74 Å². The van der Waals surface area contributed by atoms with Crippen molar-refractivity contribution in [1.29, 1.82) is 0 Å². The molecule has 0 bridgehead atoms. The Morgan fingerprint density at radius 3 is 2.65 bits per heavy atom. The number of Topliss-reactive ketones (excluding diaryl/α,β-unsaturated/α-hetero) is 1. The Hall–Kier alpha value is -2.17. The number of nitrogens with zero attached hydrogens (tertiary/aromatic N) is 1. The van der Waals surface area contributed by atoms with E-state index in [0.717, 1.165) is 5.56 Å². The molecule has 1 heterocycles. The van der Waals surface area contributed by atoms with Gasteiger partial charge in [0.2, 0.25) is 5.91 Å². The SMILES string of the molecule is COC(=O)CC(=O)[C@@H]1CC(=O)N(Cc2ccccc2)C1. The predicted molar refractivity (Wildman–Crippen MR) is 71.6 cm³/mol. The van der Waals surface area contributed by atoms with Crippen molar-refractivity contribution in [2.24, 2.45) is 5.92 Å². The van der Waals surface area contributed by atoms with Gasteiger partial charge in [-0.3, -0.25) is 14.4 Å². The molecule has 1 fully saturated rings. The highest BCUT2D eigenvalue weighted by Crippen LogP contribution is 2.22. The smallest absolute Gasteiger partial charge is 0.313 e. The van der Waals surface area contributed by atoms with Gasteiger partial charge in [0, 0.05) is 25.4 Å². The van der Waals surface area contributed by atoms with Gasteiger partial charge in [0.15, 0.2) is 0 Å². The third kappa shape index (κ3) is 3.44. The molecule has 20 heavy (non-hydrogen) atoms. The third-order valence-electron chi connectivity index (χ3n) is 3.43. The lowest BCUT2D eigenvalue weighted by molar-refractivity contribution is -0.144. The highest BCUT2D eigenvalue weighted by atomic mass is 16.5. The molecule has 1 amide bonds. The number of benzene rings is 1. The van der Waals surface area contributed by atoms with E-state index in [4.69, 9.17) is 0 Å². The molecule has 1 saturated heterocycles. The Balaban J connectivity index is 1.93. The molecule has 1 aromatic rings. The number of likely N-dealkylation sites (tertiary alicyclic amines) is 1. The summed E-state index contributed by atoms with van der Waals surface area (Å²) < 4.78 is 4.47. The third-order valence-corrected chi connectivity index (χ3v) is 3.43. The highest BCUT2D eigenvalue weighted by molar-refractivity contribution is 5.99. The largest absolute Gasteiger partial charge is 0.469 e. The van der Waals surface area contributed by atoms with Gasteiger partial charge in [0.1, 0.15) is 12.2 Å². The molecule has 5 heteroatoms. The van der Waals surface area contributed by atoms with Gasteiger partial charge in [-0.15, -0.1) is 0 Å². The molecule has 1 aliphatic heterocycles. The number of esters is 1. The van der Waals surface area contributed by atoms with E-state index in [0.29, 0.717) is 13.1 Å². The van der Waals surface area contributed by atoms with E-state index in [1.165, 1.54) is 7.11 Å². The maximum absolute atomic E-state index is 11.9. The average Bonchev–Trinajstić information content (AvgIpc) is 2.81.